The molecule has 0 unspecified atom stereocenters. The van der Waals surface area contributed by atoms with Crippen LogP contribution in [-0.4, -0.2) is 22.2 Å². The maximum Gasteiger partial charge on any atom is 0.336 e. The van der Waals surface area contributed by atoms with Crippen molar-refractivity contribution in [3.8, 4) is 11.4 Å². The third kappa shape index (κ3) is 3.47. The number of nitrogens with zero attached hydrogens (tertiary/aromatic N) is 2. The lowest BCUT2D eigenvalue weighted by Crippen LogP contribution is -2.41. The first-order chi connectivity index (χ1) is 14.1. The molecule has 1 amide bonds. The van der Waals surface area contributed by atoms with Gasteiger partial charge in [-0.3, -0.25) is 14.2 Å². The Bertz CT molecular complexity index is 1280. The van der Waals surface area contributed by atoms with Crippen LogP contribution in [0.4, 0.5) is 0 Å². The quantitative estimate of drug-likeness (QED) is 0.524. The van der Waals surface area contributed by atoms with E-state index in [4.69, 9.17) is 9.15 Å². The zero-order valence-electron chi connectivity index (χ0n) is 15.5. The lowest BCUT2D eigenvalue weighted by Gasteiger charge is -2.14. The van der Waals surface area contributed by atoms with E-state index >= 15 is 0 Å². The minimum Gasteiger partial charge on any atom is -0.495 e. The molecular formula is C20H17N3O5S. The molecule has 0 bridgehead atoms. The highest BCUT2D eigenvalue weighted by Gasteiger charge is 2.19. The number of para-hydroxylation sites is 2. The minimum atomic E-state index is -0.612. The Labute approximate surface area is 168 Å². The van der Waals surface area contributed by atoms with Crippen molar-refractivity contribution in [2.24, 2.45) is 0 Å². The fourth-order valence-electron chi connectivity index (χ4n) is 3.07. The molecule has 0 atom stereocenters. The number of furan rings is 1. The zero-order valence-corrected chi connectivity index (χ0v) is 16.3. The average molecular weight is 411 g/mol. The Balaban J connectivity index is 1.78. The maximum absolute atomic E-state index is 13.2. The summed E-state index contributed by atoms with van der Waals surface area (Å²) in [7, 11) is 1.47. The van der Waals surface area contributed by atoms with Crippen molar-refractivity contribution in [3.05, 3.63) is 80.7 Å². The number of amides is 1. The van der Waals surface area contributed by atoms with E-state index in [0.29, 0.717) is 27.4 Å². The Kier molecular flexibility index (Phi) is 5.05. The number of carbonyl (C=O) groups is 1. The highest BCUT2D eigenvalue weighted by atomic mass is 32.1. The molecule has 0 saturated heterocycles. The van der Waals surface area contributed by atoms with Crippen LogP contribution >= 0.6 is 11.3 Å². The number of hydrogen-bond donors (Lipinski definition) is 1. The van der Waals surface area contributed by atoms with Crippen LogP contribution in [-0.2, 0) is 17.9 Å². The third-order valence-electron chi connectivity index (χ3n) is 4.42. The topological polar surface area (TPSA) is 95.5 Å². The van der Waals surface area contributed by atoms with E-state index in [1.54, 1.807) is 47.8 Å². The summed E-state index contributed by atoms with van der Waals surface area (Å²) in [5.74, 6) is 0.614. The van der Waals surface area contributed by atoms with E-state index in [0.717, 1.165) is 4.57 Å². The molecule has 0 saturated carbocycles. The largest absolute Gasteiger partial charge is 0.495 e. The summed E-state index contributed by atoms with van der Waals surface area (Å²) < 4.78 is 13.2. The van der Waals surface area contributed by atoms with Gasteiger partial charge in [-0.1, -0.05) is 12.1 Å². The van der Waals surface area contributed by atoms with Crippen molar-refractivity contribution in [3.63, 3.8) is 0 Å². The molecule has 0 spiro atoms. The van der Waals surface area contributed by atoms with Crippen molar-refractivity contribution in [2.75, 3.05) is 7.11 Å². The van der Waals surface area contributed by atoms with Crippen LogP contribution in [0.3, 0.4) is 0 Å². The molecule has 29 heavy (non-hydrogen) atoms. The monoisotopic (exact) mass is 411 g/mol. The van der Waals surface area contributed by atoms with E-state index in [2.05, 4.69) is 5.32 Å². The van der Waals surface area contributed by atoms with Gasteiger partial charge >= 0.3 is 5.69 Å². The van der Waals surface area contributed by atoms with Gasteiger partial charge in [0.25, 0.3) is 5.56 Å². The van der Waals surface area contributed by atoms with Gasteiger partial charge in [-0.2, -0.15) is 0 Å². The van der Waals surface area contributed by atoms with E-state index in [1.807, 2.05) is 0 Å². The summed E-state index contributed by atoms with van der Waals surface area (Å²) in [6.07, 6.45) is 1.52. The van der Waals surface area contributed by atoms with Gasteiger partial charge in [0.15, 0.2) is 0 Å². The molecule has 1 N–H and O–H groups in total. The van der Waals surface area contributed by atoms with Gasteiger partial charge in [0.1, 0.15) is 22.8 Å². The molecule has 3 heterocycles. The lowest BCUT2D eigenvalue weighted by atomic mass is 10.3. The Morgan fingerprint density at radius 1 is 1.17 bits per heavy atom. The number of ether oxygens (including phenoxy) is 1. The number of nitrogens with one attached hydrogen (secondary N) is 1. The molecule has 148 valence electrons. The number of hydrogen-bond acceptors (Lipinski definition) is 6. The lowest BCUT2D eigenvalue weighted by molar-refractivity contribution is -0.121. The molecule has 9 heteroatoms. The molecular weight excluding hydrogens is 394 g/mol. The molecule has 0 radical (unpaired) electrons. The fourth-order valence-corrected chi connectivity index (χ4v) is 3.89. The first-order valence-corrected chi connectivity index (χ1v) is 9.63. The first-order valence-electron chi connectivity index (χ1n) is 8.75. The summed E-state index contributed by atoms with van der Waals surface area (Å²) in [5, 5.41) is 4.43. The van der Waals surface area contributed by atoms with E-state index in [-0.39, 0.29) is 19.0 Å². The van der Waals surface area contributed by atoms with Gasteiger partial charge in [-0.25, -0.2) is 9.36 Å². The van der Waals surface area contributed by atoms with Gasteiger partial charge in [0.05, 0.1) is 31.1 Å². The summed E-state index contributed by atoms with van der Waals surface area (Å²) >= 11 is 1.22. The Morgan fingerprint density at radius 3 is 2.76 bits per heavy atom. The highest BCUT2D eigenvalue weighted by Crippen LogP contribution is 2.21. The molecule has 8 nitrogen and oxygen atoms in total. The van der Waals surface area contributed by atoms with Gasteiger partial charge in [0.2, 0.25) is 5.91 Å². The smallest absolute Gasteiger partial charge is 0.336 e. The number of thiophene rings is 1. The Hall–Kier alpha value is -3.59. The van der Waals surface area contributed by atoms with Crippen LogP contribution < -0.4 is 21.3 Å². The standard InChI is InChI=1S/C20H17N3O5S/c1-27-16-7-3-2-6-14(16)23-19(25)18-15(8-10-29-18)22(20(23)26)12-17(24)21-11-13-5-4-9-28-13/h2-10H,11-12H2,1H3,(H,21,24). The van der Waals surface area contributed by atoms with Crippen molar-refractivity contribution in [2.45, 2.75) is 13.1 Å². The number of fused-ring (bicyclic) bond motifs is 1. The number of aromatic nitrogens is 2. The zero-order chi connectivity index (χ0) is 20.4. The average Bonchev–Trinajstić information content (AvgIpc) is 3.42. The second-order valence-corrected chi connectivity index (χ2v) is 7.09. The van der Waals surface area contributed by atoms with Crippen molar-refractivity contribution >= 4 is 27.5 Å². The van der Waals surface area contributed by atoms with Crippen LogP contribution in [0.2, 0.25) is 0 Å². The van der Waals surface area contributed by atoms with Crippen molar-refractivity contribution in [1.29, 1.82) is 0 Å². The first kappa shape index (κ1) is 18.8. The fraction of sp³-hybridized carbons (Fsp3) is 0.150. The molecule has 0 fully saturated rings. The summed E-state index contributed by atoms with van der Waals surface area (Å²) in [5.41, 5.74) is -0.315. The van der Waals surface area contributed by atoms with Gasteiger partial charge in [0, 0.05) is 0 Å². The molecule has 0 aliphatic rings. The van der Waals surface area contributed by atoms with Crippen LogP contribution in [0.25, 0.3) is 15.9 Å². The van der Waals surface area contributed by atoms with Crippen LogP contribution in [0.5, 0.6) is 5.75 Å². The maximum atomic E-state index is 13.2. The Morgan fingerprint density at radius 2 is 2.00 bits per heavy atom. The van der Waals surface area contributed by atoms with Gasteiger partial charge in [-0.15, -0.1) is 11.3 Å². The van der Waals surface area contributed by atoms with Crippen LogP contribution in [0.1, 0.15) is 5.76 Å². The number of methoxy groups -OCH3 is 1. The number of carbonyl (C=O) groups excluding carboxylic acids is 1. The minimum absolute atomic E-state index is 0.208. The summed E-state index contributed by atoms with van der Waals surface area (Å²) in [4.78, 5) is 38.7. The normalized spacial score (nSPS) is 10.9. The van der Waals surface area contributed by atoms with E-state index < -0.39 is 11.2 Å². The highest BCUT2D eigenvalue weighted by molar-refractivity contribution is 7.17. The summed E-state index contributed by atoms with van der Waals surface area (Å²) in [6.45, 7) is -0.0261. The molecule has 3 aromatic heterocycles. The van der Waals surface area contributed by atoms with Gasteiger partial charge < -0.3 is 14.5 Å². The molecule has 4 aromatic rings. The number of benzene rings is 1. The molecule has 4 rings (SSSR count). The van der Waals surface area contributed by atoms with Crippen molar-refractivity contribution < 1.29 is 13.9 Å². The molecule has 1 aromatic carbocycles. The molecule has 0 aliphatic heterocycles. The van der Waals surface area contributed by atoms with E-state index in [9.17, 15) is 14.4 Å². The van der Waals surface area contributed by atoms with Crippen LogP contribution in [0.15, 0.2) is 68.1 Å². The predicted molar refractivity (Wildman–Crippen MR) is 109 cm³/mol. The SMILES string of the molecule is COc1ccccc1-n1c(=O)c2sccc2n(CC(=O)NCc2ccco2)c1=O. The van der Waals surface area contributed by atoms with Gasteiger partial charge in [-0.05, 0) is 35.7 Å². The second-order valence-electron chi connectivity index (χ2n) is 6.17. The number of rotatable bonds is 6. The summed E-state index contributed by atoms with van der Waals surface area (Å²) in [6, 6.07) is 11.9. The third-order valence-corrected chi connectivity index (χ3v) is 5.31. The van der Waals surface area contributed by atoms with E-state index in [1.165, 1.54) is 29.3 Å². The second kappa shape index (κ2) is 7.80. The molecule has 0 aliphatic carbocycles. The van der Waals surface area contributed by atoms with Crippen LogP contribution in [0, 0.1) is 0 Å². The predicted octanol–water partition coefficient (Wildman–Crippen LogP) is 2.13. The van der Waals surface area contributed by atoms with Crippen molar-refractivity contribution in [1.82, 2.24) is 14.5 Å².